The van der Waals surface area contributed by atoms with Crippen molar-refractivity contribution in [2.45, 2.75) is 13.0 Å². The van der Waals surface area contributed by atoms with Gasteiger partial charge in [-0.15, -0.1) is 11.3 Å². The van der Waals surface area contributed by atoms with Crippen molar-refractivity contribution in [2.75, 3.05) is 18.4 Å². The first-order chi connectivity index (χ1) is 14.0. The molecule has 0 saturated carbocycles. The van der Waals surface area contributed by atoms with Gasteiger partial charge in [0.15, 0.2) is 6.54 Å². The Bertz CT molecular complexity index is 941. The molecule has 7 heteroatoms. The predicted octanol–water partition coefficient (Wildman–Crippen LogP) is 2.60. The number of amides is 2. The normalized spacial score (nSPS) is 11.7. The van der Waals surface area contributed by atoms with Crippen molar-refractivity contribution < 1.29 is 19.3 Å². The Labute approximate surface area is 173 Å². The van der Waals surface area contributed by atoms with Crippen LogP contribution in [0.2, 0.25) is 0 Å². The molecule has 0 unspecified atom stereocenters. The molecular weight excluding hydrogens is 389 g/mol. The number of carbonyl (C=O) groups excluding carboxylic acids is 2. The quantitative estimate of drug-likeness (QED) is 0.532. The van der Waals surface area contributed by atoms with E-state index in [2.05, 4.69) is 41.0 Å². The van der Waals surface area contributed by atoms with Gasteiger partial charge in [-0.25, -0.2) is 4.39 Å². The Balaban J connectivity index is 1.51. The largest absolute Gasteiger partial charge is 0.342 e. The molecule has 0 fully saturated rings. The summed E-state index contributed by atoms with van der Waals surface area (Å²) in [5.74, 6) is -0.966. The molecule has 0 saturated heterocycles. The number of anilines is 1. The van der Waals surface area contributed by atoms with E-state index in [0.717, 1.165) is 10.4 Å². The zero-order chi connectivity index (χ0) is 20.6. The molecule has 0 aliphatic rings. The van der Waals surface area contributed by atoms with E-state index in [4.69, 9.17) is 0 Å². The number of rotatable bonds is 8. The summed E-state index contributed by atoms with van der Waals surface area (Å²) < 4.78 is 12.9. The number of halogens is 1. The number of hydrogen-bond acceptors (Lipinski definition) is 3. The van der Waals surface area contributed by atoms with Crippen molar-refractivity contribution in [3.63, 3.8) is 0 Å². The van der Waals surface area contributed by atoms with Crippen LogP contribution in [-0.2, 0) is 9.59 Å². The molecule has 0 aliphatic carbocycles. The zero-order valence-corrected chi connectivity index (χ0v) is 16.8. The van der Waals surface area contributed by atoms with E-state index >= 15 is 0 Å². The third kappa shape index (κ3) is 6.23. The van der Waals surface area contributed by atoms with Gasteiger partial charge in [-0.05, 0) is 42.6 Å². The van der Waals surface area contributed by atoms with Crippen LogP contribution < -0.4 is 16.0 Å². The molecule has 2 aromatic carbocycles. The Morgan fingerprint density at radius 2 is 1.76 bits per heavy atom. The van der Waals surface area contributed by atoms with Gasteiger partial charge >= 0.3 is 0 Å². The monoisotopic (exact) mass is 412 g/mol. The lowest BCUT2D eigenvalue weighted by Crippen LogP contribution is -2.87. The summed E-state index contributed by atoms with van der Waals surface area (Å²) >= 11 is 1.65. The van der Waals surface area contributed by atoms with Crippen LogP contribution >= 0.6 is 11.3 Å². The summed E-state index contributed by atoms with van der Waals surface area (Å²) in [6, 6.07) is 17.8. The van der Waals surface area contributed by atoms with Gasteiger partial charge in [0.25, 0.3) is 5.91 Å². The van der Waals surface area contributed by atoms with Gasteiger partial charge in [-0.1, -0.05) is 35.9 Å². The molecule has 0 aliphatic heterocycles. The molecule has 2 amide bonds. The van der Waals surface area contributed by atoms with Crippen LogP contribution in [0, 0.1) is 12.7 Å². The van der Waals surface area contributed by atoms with Gasteiger partial charge in [-0.3, -0.25) is 9.59 Å². The maximum atomic E-state index is 12.9. The van der Waals surface area contributed by atoms with Gasteiger partial charge in [0.2, 0.25) is 5.91 Å². The second-order valence-corrected chi connectivity index (χ2v) is 7.65. The predicted molar refractivity (Wildman–Crippen MR) is 112 cm³/mol. The van der Waals surface area contributed by atoms with Crippen LogP contribution in [0.25, 0.3) is 0 Å². The van der Waals surface area contributed by atoms with Crippen LogP contribution in [0.3, 0.4) is 0 Å². The minimum Gasteiger partial charge on any atom is -0.342 e. The van der Waals surface area contributed by atoms with Crippen LogP contribution in [-0.4, -0.2) is 24.9 Å². The Kier molecular flexibility index (Phi) is 7.10. The SMILES string of the molecule is Cc1ccc([C@H]([NH2+]CC(=O)NCC(=O)Nc2ccc(F)cc2)c2cccs2)cc1. The van der Waals surface area contributed by atoms with E-state index in [1.54, 1.807) is 11.3 Å². The van der Waals surface area contributed by atoms with Crippen molar-refractivity contribution in [3.05, 3.63) is 87.9 Å². The van der Waals surface area contributed by atoms with E-state index in [1.807, 2.05) is 23.7 Å². The van der Waals surface area contributed by atoms with Crippen molar-refractivity contribution in [1.29, 1.82) is 0 Å². The average molecular weight is 413 g/mol. The molecule has 3 rings (SSSR count). The Morgan fingerprint density at radius 1 is 1.03 bits per heavy atom. The number of nitrogens with one attached hydrogen (secondary N) is 2. The highest BCUT2D eigenvalue weighted by atomic mass is 32.1. The maximum absolute atomic E-state index is 12.9. The number of thiophene rings is 1. The third-order valence-corrected chi connectivity index (χ3v) is 5.35. The number of benzene rings is 2. The molecular formula is C22H23FN3O2S+. The first-order valence-electron chi connectivity index (χ1n) is 9.26. The number of hydrogen-bond donors (Lipinski definition) is 3. The van der Waals surface area contributed by atoms with Crippen LogP contribution in [0.4, 0.5) is 10.1 Å². The lowest BCUT2D eigenvalue weighted by atomic mass is 10.0. The van der Waals surface area contributed by atoms with Gasteiger partial charge in [0, 0.05) is 11.3 Å². The molecule has 5 nitrogen and oxygen atoms in total. The fraction of sp³-hybridized carbons (Fsp3) is 0.182. The molecule has 1 aromatic heterocycles. The smallest absolute Gasteiger partial charge is 0.275 e. The number of aryl methyl sites for hydroxylation is 1. The lowest BCUT2D eigenvalue weighted by Gasteiger charge is -2.15. The fourth-order valence-electron chi connectivity index (χ4n) is 2.87. The molecule has 4 N–H and O–H groups in total. The molecule has 29 heavy (non-hydrogen) atoms. The molecule has 0 bridgehead atoms. The Morgan fingerprint density at radius 3 is 2.41 bits per heavy atom. The van der Waals surface area contributed by atoms with Crippen molar-refractivity contribution in [3.8, 4) is 0 Å². The average Bonchev–Trinajstić information content (AvgIpc) is 3.24. The van der Waals surface area contributed by atoms with E-state index in [0.29, 0.717) is 5.69 Å². The number of quaternary nitrogens is 1. The number of nitrogens with two attached hydrogens (primary N) is 1. The summed E-state index contributed by atoms with van der Waals surface area (Å²) in [6.45, 7) is 2.09. The molecule has 0 spiro atoms. The minimum absolute atomic E-state index is 0.0226. The third-order valence-electron chi connectivity index (χ3n) is 4.40. The lowest BCUT2D eigenvalue weighted by molar-refractivity contribution is -0.676. The maximum Gasteiger partial charge on any atom is 0.275 e. The van der Waals surface area contributed by atoms with Gasteiger partial charge in [0.1, 0.15) is 11.9 Å². The summed E-state index contributed by atoms with van der Waals surface area (Å²) in [5.41, 5.74) is 2.79. The highest BCUT2D eigenvalue weighted by Gasteiger charge is 2.20. The van der Waals surface area contributed by atoms with E-state index in [9.17, 15) is 14.0 Å². The summed E-state index contributed by atoms with van der Waals surface area (Å²) in [5, 5.41) is 9.22. The first kappa shape index (κ1) is 20.7. The minimum atomic E-state index is -0.374. The fourth-order valence-corrected chi connectivity index (χ4v) is 3.72. The van der Waals surface area contributed by atoms with Crippen molar-refractivity contribution in [2.24, 2.45) is 0 Å². The molecule has 3 aromatic rings. The topological polar surface area (TPSA) is 74.8 Å². The molecule has 150 valence electrons. The summed E-state index contributed by atoms with van der Waals surface area (Å²) in [6.07, 6.45) is 0. The first-order valence-corrected chi connectivity index (χ1v) is 10.1. The highest BCUT2D eigenvalue weighted by molar-refractivity contribution is 7.10. The van der Waals surface area contributed by atoms with Gasteiger partial charge < -0.3 is 16.0 Å². The van der Waals surface area contributed by atoms with E-state index in [1.165, 1.54) is 29.8 Å². The van der Waals surface area contributed by atoms with Crippen LogP contribution in [0.5, 0.6) is 0 Å². The molecule has 1 atom stereocenters. The summed E-state index contributed by atoms with van der Waals surface area (Å²) in [7, 11) is 0. The highest BCUT2D eigenvalue weighted by Crippen LogP contribution is 2.22. The van der Waals surface area contributed by atoms with Gasteiger partial charge in [-0.2, -0.15) is 0 Å². The number of carbonyl (C=O) groups is 2. The van der Waals surface area contributed by atoms with Gasteiger partial charge in [0.05, 0.1) is 11.4 Å². The second kappa shape index (κ2) is 9.95. The second-order valence-electron chi connectivity index (χ2n) is 6.68. The summed E-state index contributed by atoms with van der Waals surface area (Å²) in [4.78, 5) is 25.4. The molecule has 0 radical (unpaired) electrons. The van der Waals surface area contributed by atoms with Crippen molar-refractivity contribution in [1.82, 2.24) is 5.32 Å². The van der Waals surface area contributed by atoms with Crippen molar-refractivity contribution >= 4 is 28.8 Å². The Hall–Kier alpha value is -3.03. The van der Waals surface area contributed by atoms with E-state index in [-0.39, 0.29) is 36.8 Å². The van der Waals surface area contributed by atoms with E-state index < -0.39 is 0 Å². The zero-order valence-electron chi connectivity index (χ0n) is 16.0. The standard InChI is InChI=1S/C22H22FN3O2S/c1-15-4-6-16(7-5-15)22(19-3-2-12-29-19)25-13-20(27)24-14-21(28)26-18-10-8-17(23)9-11-18/h2-12,22,25H,13-14H2,1H3,(H,24,27)(H,26,28)/p+1/t22-/m0/s1. The molecule has 1 heterocycles. The van der Waals surface area contributed by atoms with Crippen LogP contribution in [0.15, 0.2) is 66.0 Å². The van der Waals surface area contributed by atoms with Crippen LogP contribution in [0.1, 0.15) is 22.0 Å².